The van der Waals surface area contributed by atoms with Crippen molar-refractivity contribution in [1.82, 2.24) is 0 Å². The molecular formula is C27H22O8. The Labute approximate surface area is 201 Å². The number of carboxylic acids is 2. The number of fused-ring (bicyclic) bond motifs is 1. The Morgan fingerprint density at radius 2 is 1.51 bits per heavy atom. The van der Waals surface area contributed by atoms with Crippen molar-refractivity contribution in [2.75, 3.05) is 13.9 Å². The number of benzene rings is 3. The van der Waals surface area contributed by atoms with Crippen LogP contribution in [0.15, 0.2) is 72.8 Å². The fourth-order valence-corrected chi connectivity index (χ4v) is 3.79. The Hall–Kier alpha value is -4.59. The molecule has 8 heteroatoms. The van der Waals surface area contributed by atoms with Crippen molar-refractivity contribution >= 4 is 23.3 Å². The van der Waals surface area contributed by atoms with Gasteiger partial charge in [0.15, 0.2) is 17.3 Å². The minimum Gasteiger partial charge on any atom is -0.497 e. The standard InChI is InChI=1S/C27H22O8/c1-33-21-9-6-17(7-10-21)25(28)20(12-16-2-4-18(5-3-16)26(29)30)13-22(27(31)32)19-8-11-23-24(14-19)35-15-34-23/h2-11,13-14,20H,12,15H2,1H3,(H,29,30)(H,31,32). The molecule has 3 aromatic carbocycles. The highest BCUT2D eigenvalue weighted by molar-refractivity contribution is 6.16. The number of allylic oxidation sites excluding steroid dienone is 1. The van der Waals surface area contributed by atoms with E-state index < -0.39 is 17.9 Å². The number of methoxy groups -OCH3 is 1. The van der Waals surface area contributed by atoms with Gasteiger partial charge in [-0.15, -0.1) is 0 Å². The van der Waals surface area contributed by atoms with Gasteiger partial charge in [0.2, 0.25) is 6.79 Å². The smallest absolute Gasteiger partial charge is 0.335 e. The molecule has 0 saturated heterocycles. The van der Waals surface area contributed by atoms with E-state index in [1.165, 1.54) is 25.3 Å². The van der Waals surface area contributed by atoms with Gasteiger partial charge < -0.3 is 24.4 Å². The summed E-state index contributed by atoms with van der Waals surface area (Å²) in [4.78, 5) is 36.9. The Bertz CT molecular complexity index is 1290. The molecule has 1 heterocycles. The summed E-state index contributed by atoms with van der Waals surface area (Å²) in [6, 6.07) is 17.5. The first kappa shape index (κ1) is 23.6. The Morgan fingerprint density at radius 3 is 2.14 bits per heavy atom. The minimum atomic E-state index is -1.20. The molecule has 0 spiro atoms. The molecule has 178 valence electrons. The van der Waals surface area contributed by atoms with Gasteiger partial charge in [0, 0.05) is 11.5 Å². The number of aliphatic carboxylic acids is 1. The van der Waals surface area contributed by atoms with Crippen LogP contribution >= 0.6 is 0 Å². The molecule has 0 aliphatic carbocycles. The lowest BCUT2D eigenvalue weighted by molar-refractivity contribution is -0.130. The fraction of sp³-hybridized carbons (Fsp3) is 0.148. The lowest BCUT2D eigenvalue weighted by atomic mass is 9.88. The Kier molecular flexibility index (Phi) is 6.82. The molecule has 0 bridgehead atoms. The van der Waals surface area contributed by atoms with E-state index in [9.17, 15) is 19.5 Å². The first-order chi connectivity index (χ1) is 16.9. The van der Waals surface area contributed by atoms with Gasteiger partial charge in [-0.25, -0.2) is 9.59 Å². The highest BCUT2D eigenvalue weighted by Crippen LogP contribution is 2.35. The van der Waals surface area contributed by atoms with Gasteiger partial charge in [-0.05, 0) is 66.1 Å². The quantitative estimate of drug-likeness (QED) is 0.347. The van der Waals surface area contributed by atoms with Crippen LogP contribution in [0.4, 0.5) is 0 Å². The predicted molar refractivity (Wildman–Crippen MR) is 126 cm³/mol. The Balaban J connectivity index is 1.73. The van der Waals surface area contributed by atoms with Crippen molar-refractivity contribution in [1.29, 1.82) is 0 Å². The van der Waals surface area contributed by atoms with Crippen LogP contribution in [0.2, 0.25) is 0 Å². The van der Waals surface area contributed by atoms with Gasteiger partial charge in [-0.3, -0.25) is 4.79 Å². The third-order valence-electron chi connectivity index (χ3n) is 5.65. The maximum Gasteiger partial charge on any atom is 0.335 e. The van der Waals surface area contributed by atoms with Crippen molar-refractivity contribution < 1.29 is 38.8 Å². The number of ketones is 1. The van der Waals surface area contributed by atoms with Crippen LogP contribution in [0.25, 0.3) is 5.57 Å². The summed E-state index contributed by atoms with van der Waals surface area (Å²) in [6.07, 6.45) is 1.60. The number of carbonyl (C=O) groups excluding carboxylic acids is 1. The van der Waals surface area contributed by atoms with Gasteiger partial charge in [0.05, 0.1) is 18.2 Å². The van der Waals surface area contributed by atoms with Gasteiger partial charge in [-0.1, -0.05) is 24.3 Å². The van der Waals surface area contributed by atoms with Crippen molar-refractivity contribution in [3.05, 3.63) is 95.1 Å². The second kappa shape index (κ2) is 10.1. The van der Waals surface area contributed by atoms with E-state index >= 15 is 0 Å². The number of carboxylic acid groups (broad SMARTS) is 2. The molecular weight excluding hydrogens is 452 g/mol. The predicted octanol–water partition coefficient (Wildman–Crippen LogP) is 4.33. The summed E-state index contributed by atoms with van der Waals surface area (Å²) in [6.45, 7) is 0.0514. The monoisotopic (exact) mass is 474 g/mol. The minimum absolute atomic E-state index is 0.0514. The van der Waals surface area contributed by atoms with Gasteiger partial charge >= 0.3 is 11.9 Å². The fourth-order valence-electron chi connectivity index (χ4n) is 3.79. The van der Waals surface area contributed by atoms with Crippen molar-refractivity contribution in [2.45, 2.75) is 6.42 Å². The molecule has 35 heavy (non-hydrogen) atoms. The average Bonchev–Trinajstić information content (AvgIpc) is 3.34. The van der Waals surface area contributed by atoms with E-state index in [0.717, 1.165) is 0 Å². The molecule has 0 fully saturated rings. The highest BCUT2D eigenvalue weighted by atomic mass is 16.7. The van der Waals surface area contributed by atoms with E-state index in [2.05, 4.69) is 0 Å². The average molecular weight is 474 g/mol. The lowest BCUT2D eigenvalue weighted by Gasteiger charge is -2.15. The summed E-state index contributed by atoms with van der Waals surface area (Å²) in [5.74, 6) is -1.84. The van der Waals surface area contributed by atoms with Crippen LogP contribution < -0.4 is 14.2 Å². The van der Waals surface area contributed by atoms with Crippen molar-refractivity contribution in [2.24, 2.45) is 5.92 Å². The van der Waals surface area contributed by atoms with Crippen LogP contribution in [-0.4, -0.2) is 41.8 Å². The topological polar surface area (TPSA) is 119 Å². The summed E-state index contributed by atoms with van der Waals surface area (Å²) in [5.41, 5.74) is 1.51. The molecule has 2 N–H and O–H groups in total. The number of rotatable bonds is 9. The molecule has 8 nitrogen and oxygen atoms in total. The van der Waals surface area contributed by atoms with Gasteiger partial charge in [-0.2, -0.15) is 0 Å². The van der Waals surface area contributed by atoms with Crippen molar-refractivity contribution in [3.63, 3.8) is 0 Å². The van der Waals surface area contributed by atoms with E-state index in [0.29, 0.717) is 33.9 Å². The zero-order valence-electron chi connectivity index (χ0n) is 18.8. The van der Waals surface area contributed by atoms with E-state index in [1.807, 2.05) is 0 Å². The highest BCUT2D eigenvalue weighted by Gasteiger charge is 2.24. The molecule has 1 atom stereocenters. The molecule has 1 aliphatic rings. The summed E-state index contributed by atoms with van der Waals surface area (Å²) in [5, 5.41) is 19.1. The third kappa shape index (κ3) is 5.33. The second-order valence-corrected chi connectivity index (χ2v) is 7.86. The molecule has 0 aromatic heterocycles. The molecule has 1 unspecified atom stereocenters. The van der Waals surface area contributed by atoms with Crippen LogP contribution in [0.3, 0.4) is 0 Å². The number of carbonyl (C=O) groups is 3. The number of hydrogen-bond donors (Lipinski definition) is 2. The number of ether oxygens (including phenoxy) is 3. The van der Waals surface area contributed by atoms with Crippen LogP contribution in [-0.2, 0) is 11.2 Å². The summed E-state index contributed by atoms with van der Waals surface area (Å²) < 4.78 is 15.8. The zero-order chi connectivity index (χ0) is 24.9. The maximum absolute atomic E-state index is 13.5. The molecule has 4 rings (SSSR count). The molecule has 0 saturated carbocycles. The summed E-state index contributed by atoms with van der Waals surface area (Å²) in [7, 11) is 1.52. The first-order valence-electron chi connectivity index (χ1n) is 10.7. The summed E-state index contributed by atoms with van der Waals surface area (Å²) >= 11 is 0. The SMILES string of the molecule is COc1ccc(C(=O)C(C=C(C(=O)O)c2ccc3c(c2)OCO3)Cc2ccc(C(=O)O)cc2)cc1. The zero-order valence-corrected chi connectivity index (χ0v) is 18.8. The number of Topliss-reactive ketones (excluding diaryl/α,β-unsaturated/α-hetero) is 1. The normalized spacial score (nSPS) is 13.2. The molecule has 1 aliphatic heterocycles. The maximum atomic E-state index is 13.5. The second-order valence-electron chi connectivity index (χ2n) is 7.86. The molecule has 0 radical (unpaired) electrons. The lowest BCUT2D eigenvalue weighted by Crippen LogP contribution is -2.17. The van der Waals surface area contributed by atoms with E-state index in [-0.39, 0.29) is 30.1 Å². The van der Waals surface area contributed by atoms with E-state index in [4.69, 9.17) is 19.3 Å². The third-order valence-corrected chi connectivity index (χ3v) is 5.65. The van der Waals surface area contributed by atoms with Crippen LogP contribution in [0.1, 0.15) is 31.8 Å². The van der Waals surface area contributed by atoms with E-state index in [1.54, 1.807) is 54.6 Å². The number of hydrogen-bond acceptors (Lipinski definition) is 6. The molecule has 3 aromatic rings. The number of aromatic carboxylic acids is 1. The first-order valence-corrected chi connectivity index (χ1v) is 10.7. The van der Waals surface area contributed by atoms with Crippen LogP contribution in [0.5, 0.6) is 17.2 Å². The van der Waals surface area contributed by atoms with Crippen LogP contribution in [0, 0.1) is 5.92 Å². The Morgan fingerprint density at radius 1 is 0.886 bits per heavy atom. The van der Waals surface area contributed by atoms with Gasteiger partial charge in [0.1, 0.15) is 5.75 Å². The van der Waals surface area contributed by atoms with Crippen molar-refractivity contribution in [3.8, 4) is 17.2 Å². The largest absolute Gasteiger partial charge is 0.497 e. The molecule has 0 amide bonds. The van der Waals surface area contributed by atoms with Gasteiger partial charge in [0.25, 0.3) is 0 Å².